The highest BCUT2D eigenvalue weighted by atomic mass is 32.5. The molecule has 2 N–H and O–H groups in total. The molecular weight excluding hydrogens is 413 g/mol. The molecule has 0 spiro atoms. The molecular formula is C20H30NO6PS. The van der Waals surface area contributed by atoms with Gasteiger partial charge in [0.1, 0.15) is 24.0 Å². The molecule has 0 aromatic heterocycles. The monoisotopic (exact) mass is 443 g/mol. The maximum atomic E-state index is 12.2. The first-order valence-corrected chi connectivity index (χ1v) is 12.0. The zero-order chi connectivity index (χ0) is 21.9. The molecule has 2 unspecified atom stereocenters. The summed E-state index contributed by atoms with van der Waals surface area (Å²) in [5, 5.41) is 13.1. The van der Waals surface area contributed by atoms with Gasteiger partial charge in [-0.15, -0.1) is 5.92 Å². The van der Waals surface area contributed by atoms with Gasteiger partial charge in [-0.3, -0.25) is 4.79 Å². The van der Waals surface area contributed by atoms with Crippen LogP contribution in [0.4, 0.5) is 0 Å². The number of nitrogens with one attached hydrogen (secondary N) is 1. The lowest BCUT2D eigenvalue weighted by Crippen LogP contribution is -2.37. The Labute approximate surface area is 178 Å². The molecule has 162 valence electrons. The number of carbonyl (C=O) groups is 1. The topological polar surface area (TPSA) is 86.3 Å². The molecule has 29 heavy (non-hydrogen) atoms. The van der Waals surface area contributed by atoms with E-state index in [4.69, 9.17) is 30.3 Å². The van der Waals surface area contributed by atoms with Gasteiger partial charge in [0.25, 0.3) is 0 Å². The van der Waals surface area contributed by atoms with Crippen molar-refractivity contribution in [3.63, 3.8) is 0 Å². The van der Waals surface area contributed by atoms with E-state index in [2.05, 4.69) is 16.9 Å². The van der Waals surface area contributed by atoms with Crippen LogP contribution in [0.25, 0.3) is 0 Å². The Morgan fingerprint density at radius 3 is 2.48 bits per heavy atom. The van der Waals surface area contributed by atoms with E-state index in [1.54, 1.807) is 45.0 Å². The first-order chi connectivity index (χ1) is 13.7. The molecule has 4 atom stereocenters. The number of hydrogen-bond acceptors (Lipinski definition) is 7. The molecule has 1 aromatic rings. The van der Waals surface area contributed by atoms with Gasteiger partial charge in [0.15, 0.2) is 0 Å². The van der Waals surface area contributed by atoms with E-state index < -0.39 is 30.9 Å². The lowest BCUT2D eigenvalue weighted by atomic mass is 10.2. The largest absolute Gasteiger partial charge is 0.462 e. The normalized spacial score (nSPS) is 16.1. The Kier molecular flexibility index (Phi) is 11.4. The average molecular weight is 444 g/mol. The minimum atomic E-state index is -3.18. The number of aliphatic hydroxyl groups is 1. The van der Waals surface area contributed by atoms with Gasteiger partial charge in [0.05, 0.1) is 12.7 Å². The summed E-state index contributed by atoms with van der Waals surface area (Å²) in [5.41, 5.74) is 0. The van der Waals surface area contributed by atoms with Gasteiger partial charge in [0, 0.05) is 13.5 Å². The van der Waals surface area contributed by atoms with Crippen LogP contribution in [0.1, 0.15) is 34.1 Å². The summed E-state index contributed by atoms with van der Waals surface area (Å²) in [4.78, 5) is 12.2. The lowest BCUT2D eigenvalue weighted by molar-refractivity contribution is -0.149. The lowest BCUT2D eigenvalue weighted by Gasteiger charge is -2.28. The second-order valence-electron chi connectivity index (χ2n) is 6.43. The van der Waals surface area contributed by atoms with Crippen LogP contribution in [0.5, 0.6) is 5.75 Å². The quantitative estimate of drug-likeness (QED) is 0.307. The minimum absolute atomic E-state index is 0.0703. The van der Waals surface area contributed by atoms with Crippen molar-refractivity contribution in [2.45, 2.75) is 58.5 Å². The van der Waals surface area contributed by atoms with Crippen LogP contribution >= 0.6 is 6.64 Å². The molecule has 0 bridgehead atoms. The van der Waals surface area contributed by atoms with Crippen molar-refractivity contribution in [1.29, 1.82) is 0 Å². The molecule has 0 heterocycles. The van der Waals surface area contributed by atoms with Crippen LogP contribution in [0.15, 0.2) is 30.3 Å². The van der Waals surface area contributed by atoms with Gasteiger partial charge in [0.2, 0.25) is 0 Å². The van der Waals surface area contributed by atoms with E-state index in [1.807, 2.05) is 13.0 Å². The molecule has 0 radical (unpaired) electrons. The first kappa shape index (κ1) is 25.6. The summed E-state index contributed by atoms with van der Waals surface area (Å²) in [6, 6.07) is 8.16. The molecule has 0 saturated carbocycles. The minimum Gasteiger partial charge on any atom is -0.462 e. The number of benzene rings is 1. The smallest absolute Gasteiger partial charge is 0.323 e. The summed E-state index contributed by atoms with van der Waals surface area (Å²) in [6.07, 6.45) is -1.41. The summed E-state index contributed by atoms with van der Waals surface area (Å²) < 4.78 is 22.2. The van der Waals surface area contributed by atoms with Gasteiger partial charge in [-0.25, -0.2) is 5.09 Å². The molecule has 0 aliphatic carbocycles. The van der Waals surface area contributed by atoms with E-state index in [1.165, 1.54) is 7.11 Å². The van der Waals surface area contributed by atoms with Crippen LogP contribution in [-0.2, 0) is 30.6 Å². The highest BCUT2D eigenvalue weighted by Crippen LogP contribution is 2.45. The molecule has 0 saturated heterocycles. The molecule has 0 aliphatic rings. The fraction of sp³-hybridized carbons (Fsp3) is 0.550. The maximum absolute atomic E-state index is 12.2. The predicted molar refractivity (Wildman–Crippen MR) is 116 cm³/mol. The Morgan fingerprint density at radius 1 is 1.28 bits per heavy atom. The van der Waals surface area contributed by atoms with Gasteiger partial charge in [-0.2, -0.15) is 0 Å². The number of para-hydroxylation sites is 1. The third-order valence-corrected chi connectivity index (χ3v) is 6.02. The zero-order valence-electron chi connectivity index (χ0n) is 17.5. The Hall–Kier alpha value is -1.46. The average Bonchev–Trinajstić information content (AvgIpc) is 2.66. The first-order valence-electron chi connectivity index (χ1n) is 9.37. The van der Waals surface area contributed by atoms with Crippen molar-refractivity contribution < 1.29 is 28.4 Å². The van der Waals surface area contributed by atoms with Gasteiger partial charge in [-0.1, -0.05) is 31.0 Å². The molecule has 1 aromatic carbocycles. The Bertz CT molecular complexity index is 733. The number of ether oxygens (including phenoxy) is 2. The Balaban J connectivity index is 2.94. The number of esters is 1. The number of carbonyl (C=O) groups excluding carboxylic acids is 1. The van der Waals surface area contributed by atoms with E-state index in [0.29, 0.717) is 12.2 Å². The van der Waals surface area contributed by atoms with E-state index in [9.17, 15) is 9.90 Å². The molecule has 0 aliphatic heterocycles. The number of aliphatic hydroxyl groups excluding tert-OH is 1. The third-order valence-electron chi connectivity index (χ3n) is 3.52. The second-order valence-corrected chi connectivity index (χ2v) is 9.56. The zero-order valence-corrected chi connectivity index (χ0v) is 19.2. The van der Waals surface area contributed by atoms with Crippen LogP contribution < -0.4 is 9.61 Å². The van der Waals surface area contributed by atoms with Gasteiger partial charge in [-0.05, 0) is 44.7 Å². The molecule has 1 rings (SSSR count). The van der Waals surface area contributed by atoms with Crippen molar-refractivity contribution >= 4 is 24.4 Å². The van der Waals surface area contributed by atoms with Crippen molar-refractivity contribution in [3.8, 4) is 17.6 Å². The van der Waals surface area contributed by atoms with Crippen molar-refractivity contribution in [3.05, 3.63) is 30.3 Å². The SMILES string of the molecule is CCC#C[C@H](O)[C@@H](COP(=S)(NC(C)C(=O)OC(C)C)Oc1ccccc1)OC. The standard InChI is InChI=1S/C20H30NO6PS/c1-6-7-13-18(22)19(24-5)14-25-28(29,27-17-11-9-8-10-12-17)21-16(4)20(23)26-15(2)3/h8-12,15-16,18-19,22H,6,14H2,1-5H3,(H,21,29)/t16?,18-,19+,28?/m0/s1. The Morgan fingerprint density at radius 2 is 1.93 bits per heavy atom. The van der Waals surface area contributed by atoms with Crippen molar-refractivity contribution in [1.82, 2.24) is 5.09 Å². The number of methoxy groups -OCH3 is 1. The van der Waals surface area contributed by atoms with Crippen molar-refractivity contribution in [2.75, 3.05) is 13.7 Å². The van der Waals surface area contributed by atoms with Crippen LogP contribution in [0.3, 0.4) is 0 Å². The van der Waals surface area contributed by atoms with E-state index in [-0.39, 0.29) is 12.7 Å². The fourth-order valence-corrected chi connectivity index (χ4v) is 4.51. The van der Waals surface area contributed by atoms with Crippen LogP contribution in [0.2, 0.25) is 0 Å². The summed E-state index contributed by atoms with van der Waals surface area (Å²) >= 11 is 5.61. The van der Waals surface area contributed by atoms with E-state index in [0.717, 1.165) is 0 Å². The number of rotatable bonds is 11. The highest BCUT2D eigenvalue weighted by molar-refractivity contribution is 8.09. The van der Waals surface area contributed by atoms with Gasteiger partial charge >= 0.3 is 12.6 Å². The summed E-state index contributed by atoms with van der Waals surface area (Å²) in [5.74, 6) is 5.53. The second kappa shape index (κ2) is 13.0. The third kappa shape index (κ3) is 9.72. The molecule has 0 fully saturated rings. The summed E-state index contributed by atoms with van der Waals surface area (Å²) in [6.45, 7) is 3.78. The van der Waals surface area contributed by atoms with Crippen molar-refractivity contribution in [2.24, 2.45) is 0 Å². The van der Waals surface area contributed by atoms with Crippen LogP contribution in [-0.4, -0.2) is 49.1 Å². The predicted octanol–water partition coefficient (Wildman–Crippen LogP) is 3.03. The maximum Gasteiger partial charge on any atom is 0.323 e. The van der Waals surface area contributed by atoms with Crippen LogP contribution in [0, 0.1) is 11.8 Å². The number of hydrogen-bond donors (Lipinski definition) is 2. The molecule has 0 amide bonds. The fourth-order valence-electron chi connectivity index (χ4n) is 2.09. The highest BCUT2D eigenvalue weighted by Gasteiger charge is 2.30. The summed E-state index contributed by atoms with van der Waals surface area (Å²) in [7, 11) is 1.45. The molecule has 7 nitrogen and oxygen atoms in total. The van der Waals surface area contributed by atoms with E-state index >= 15 is 0 Å². The molecule has 9 heteroatoms. The van der Waals surface area contributed by atoms with Gasteiger partial charge < -0.3 is 23.6 Å².